The number of nitrogens with zero attached hydrogens (tertiary/aromatic N) is 2. The van der Waals surface area contributed by atoms with Crippen molar-refractivity contribution in [3.63, 3.8) is 0 Å². The number of hydrogen-bond acceptors (Lipinski definition) is 5. The first-order chi connectivity index (χ1) is 15.6. The highest BCUT2D eigenvalue weighted by Crippen LogP contribution is 2.31. The lowest BCUT2D eigenvalue weighted by molar-refractivity contribution is -0.137. The summed E-state index contributed by atoms with van der Waals surface area (Å²) >= 11 is 0. The molecule has 1 N–H and O–H groups in total. The average Bonchev–Trinajstić information content (AvgIpc) is 2.82. The van der Waals surface area contributed by atoms with Crippen LogP contribution in [0.4, 0.5) is 18.0 Å². The van der Waals surface area contributed by atoms with E-state index in [1.54, 1.807) is 12.1 Å². The van der Waals surface area contributed by atoms with Crippen LogP contribution in [0.25, 0.3) is 0 Å². The molecule has 2 aliphatic heterocycles. The Labute approximate surface area is 188 Å². The molecule has 0 aromatic heterocycles. The molecule has 1 fully saturated rings. The van der Waals surface area contributed by atoms with E-state index in [0.29, 0.717) is 11.5 Å². The Balaban J connectivity index is 1.28. The third-order valence-electron chi connectivity index (χ3n) is 5.39. The second-order valence-electron chi connectivity index (χ2n) is 7.60. The number of alkyl halides is 3. The van der Waals surface area contributed by atoms with Crippen molar-refractivity contribution >= 4 is 16.1 Å². The van der Waals surface area contributed by atoms with Crippen molar-refractivity contribution in [2.24, 2.45) is 0 Å². The number of para-hydroxylation sites is 2. The summed E-state index contributed by atoms with van der Waals surface area (Å²) in [5.41, 5.74) is -0.918. The SMILES string of the molecule is O=C(NCC1COc2ccccc2O1)N1CCN(S(=O)(=O)c2ccc(C(F)(F)F)cc2)CC1. The topological polar surface area (TPSA) is 88.2 Å². The Kier molecular flexibility index (Phi) is 6.39. The summed E-state index contributed by atoms with van der Waals surface area (Å²) in [6.07, 6.45) is -4.90. The zero-order valence-electron chi connectivity index (χ0n) is 17.4. The van der Waals surface area contributed by atoms with Gasteiger partial charge >= 0.3 is 12.2 Å². The van der Waals surface area contributed by atoms with E-state index in [1.165, 1.54) is 4.90 Å². The van der Waals surface area contributed by atoms with E-state index in [9.17, 15) is 26.4 Å². The van der Waals surface area contributed by atoms with E-state index < -0.39 is 21.8 Å². The van der Waals surface area contributed by atoms with Gasteiger partial charge < -0.3 is 19.7 Å². The number of ether oxygens (including phenoxy) is 2. The van der Waals surface area contributed by atoms with Gasteiger partial charge in [-0.05, 0) is 36.4 Å². The first-order valence-electron chi connectivity index (χ1n) is 10.2. The van der Waals surface area contributed by atoms with E-state index in [0.717, 1.165) is 28.6 Å². The highest BCUT2D eigenvalue weighted by atomic mass is 32.2. The quantitative estimate of drug-likeness (QED) is 0.719. The Morgan fingerprint density at radius 2 is 1.64 bits per heavy atom. The number of rotatable bonds is 4. The number of urea groups is 1. The fourth-order valence-corrected chi connectivity index (χ4v) is 5.00. The predicted molar refractivity (Wildman–Crippen MR) is 112 cm³/mol. The zero-order chi connectivity index (χ0) is 23.6. The van der Waals surface area contributed by atoms with Gasteiger partial charge in [-0.1, -0.05) is 12.1 Å². The van der Waals surface area contributed by atoms with Crippen molar-refractivity contribution in [1.82, 2.24) is 14.5 Å². The van der Waals surface area contributed by atoms with Gasteiger partial charge in [0.2, 0.25) is 10.0 Å². The van der Waals surface area contributed by atoms with Crippen LogP contribution in [-0.2, 0) is 16.2 Å². The molecule has 1 atom stereocenters. The molecule has 2 amide bonds. The molecule has 12 heteroatoms. The second-order valence-corrected chi connectivity index (χ2v) is 9.53. The van der Waals surface area contributed by atoms with Crippen LogP contribution >= 0.6 is 0 Å². The van der Waals surface area contributed by atoms with Crippen LogP contribution in [0.3, 0.4) is 0 Å². The van der Waals surface area contributed by atoms with Crippen LogP contribution in [0.1, 0.15) is 5.56 Å². The van der Waals surface area contributed by atoms with E-state index in [-0.39, 0.29) is 56.4 Å². The van der Waals surface area contributed by atoms with Gasteiger partial charge in [0.05, 0.1) is 17.0 Å². The minimum atomic E-state index is -4.54. The molecule has 0 spiro atoms. The molecule has 1 unspecified atom stereocenters. The van der Waals surface area contributed by atoms with Crippen molar-refractivity contribution in [3.05, 3.63) is 54.1 Å². The van der Waals surface area contributed by atoms with Crippen molar-refractivity contribution < 1.29 is 35.9 Å². The van der Waals surface area contributed by atoms with Gasteiger partial charge in [-0.15, -0.1) is 0 Å². The maximum atomic E-state index is 12.8. The molecule has 4 rings (SSSR count). The largest absolute Gasteiger partial charge is 0.486 e. The third kappa shape index (κ3) is 5.17. The Hall–Kier alpha value is -2.99. The fraction of sp³-hybridized carbons (Fsp3) is 0.381. The number of carbonyl (C=O) groups is 1. The van der Waals surface area contributed by atoms with Crippen molar-refractivity contribution in [1.29, 1.82) is 0 Å². The zero-order valence-corrected chi connectivity index (χ0v) is 18.2. The minimum Gasteiger partial charge on any atom is -0.486 e. The highest BCUT2D eigenvalue weighted by Gasteiger charge is 2.33. The molecular weight excluding hydrogens is 463 g/mol. The van der Waals surface area contributed by atoms with E-state index in [1.807, 2.05) is 12.1 Å². The Morgan fingerprint density at radius 3 is 2.27 bits per heavy atom. The van der Waals surface area contributed by atoms with Crippen LogP contribution in [0.5, 0.6) is 11.5 Å². The summed E-state index contributed by atoms with van der Waals surface area (Å²) in [6, 6.07) is 10.2. The van der Waals surface area contributed by atoms with Gasteiger partial charge in [-0.25, -0.2) is 13.2 Å². The molecule has 2 heterocycles. The molecule has 1 saturated heterocycles. The van der Waals surface area contributed by atoms with Crippen LogP contribution in [0.2, 0.25) is 0 Å². The normalized spacial score (nSPS) is 19.2. The number of sulfonamides is 1. The van der Waals surface area contributed by atoms with Crippen LogP contribution in [-0.4, -0.2) is 69.1 Å². The maximum absolute atomic E-state index is 12.8. The number of benzene rings is 2. The number of piperazine rings is 1. The molecule has 2 aromatic rings. The molecule has 33 heavy (non-hydrogen) atoms. The van der Waals surface area contributed by atoms with Crippen LogP contribution in [0, 0.1) is 0 Å². The Morgan fingerprint density at radius 1 is 1.00 bits per heavy atom. The number of halogens is 3. The maximum Gasteiger partial charge on any atom is 0.416 e. The molecule has 0 bridgehead atoms. The van der Waals surface area contributed by atoms with E-state index in [2.05, 4.69) is 5.32 Å². The minimum absolute atomic E-state index is 0.0349. The molecule has 178 valence electrons. The molecule has 2 aromatic carbocycles. The number of nitrogens with one attached hydrogen (secondary N) is 1. The number of hydrogen-bond donors (Lipinski definition) is 1. The molecule has 0 aliphatic carbocycles. The van der Waals surface area contributed by atoms with Crippen molar-refractivity contribution in [2.75, 3.05) is 39.3 Å². The summed E-state index contributed by atoms with van der Waals surface area (Å²) in [7, 11) is -3.96. The van der Waals surface area contributed by atoms with Gasteiger partial charge in [0.1, 0.15) is 6.61 Å². The van der Waals surface area contributed by atoms with E-state index in [4.69, 9.17) is 9.47 Å². The smallest absolute Gasteiger partial charge is 0.416 e. The summed E-state index contributed by atoms with van der Waals surface area (Å²) in [5.74, 6) is 1.25. The van der Waals surface area contributed by atoms with Gasteiger partial charge in [0.15, 0.2) is 17.6 Å². The van der Waals surface area contributed by atoms with Crippen molar-refractivity contribution in [3.8, 4) is 11.5 Å². The summed E-state index contributed by atoms with van der Waals surface area (Å²) in [6.45, 7) is 0.876. The van der Waals surface area contributed by atoms with E-state index >= 15 is 0 Å². The monoisotopic (exact) mass is 485 g/mol. The lowest BCUT2D eigenvalue weighted by Crippen LogP contribution is -2.54. The summed E-state index contributed by atoms with van der Waals surface area (Å²) in [5, 5.41) is 2.77. The standard InChI is InChI=1S/C21H22F3N3O5S/c22-21(23,24)15-5-7-17(8-6-15)33(29,30)27-11-9-26(10-12-27)20(28)25-13-16-14-31-18-3-1-2-4-19(18)32-16/h1-8,16H,9-14H2,(H,25,28). The van der Waals surface area contributed by atoms with Gasteiger partial charge in [-0.3, -0.25) is 0 Å². The number of fused-ring (bicyclic) bond motifs is 1. The second kappa shape index (κ2) is 9.10. The molecule has 0 radical (unpaired) electrons. The first kappa shape index (κ1) is 23.2. The Bertz CT molecular complexity index is 1100. The van der Waals surface area contributed by atoms with Gasteiger partial charge in [0.25, 0.3) is 0 Å². The molecular formula is C21H22F3N3O5S. The number of carbonyl (C=O) groups excluding carboxylic acids is 1. The lowest BCUT2D eigenvalue weighted by Gasteiger charge is -2.34. The molecule has 8 nitrogen and oxygen atoms in total. The highest BCUT2D eigenvalue weighted by molar-refractivity contribution is 7.89. The van der Waals surface area contributed by atoms with Crippen LogP contribution < -0.4 is 14.8 Å². The first-order valence-corrected chi connectivity index (χ1v) is 11.7. The summed E-state index contributed by atoms with van der Waals surface area (Å²) in [4.78, 5) is 13.8. The van der Waals surface area contributed by atoms with Crippen molar-refractivity contribution in [2.45, 2.75) is 17.2 Å². The fourth-order valence-electron chi connectivity index (χ4n) is 3.57. The van der Waals surface area contributed by atoms with Gasteiger partial charge in [-0.2, -0.15) is 17.5 Å². The molecule has 2 aliphatic rings. The van der Waals surface area contributed by atoms with Gasteiger partial charge in [0, 0.05) is 26.2 Å². The number of amides is 2. The third-order valence-corrected chi connectivity index (χ3v) is 7.31. The predicted octanol–water partition coefficient (Wildman–Crippen LogP) is 2.56. The lowest BCUT2D eigenvalue weighted by atomic mass is 10.2. The molecule has 0 saturated carbocycles. The average molecular weight is 485 g/mol. The van der Waals surface area contributed by atoms with Crippen LogP contribution in [0.15, 0.2) is 53.4 Å². The summed E-state index contributed by atoms with van der Waals surface area (Å²) < 4.78 is 76.2.